The fourth-order valence-corrected chi connectivity index (χ4v) is 4.88. The van der Waals surface area contributed by atoms with Gasteiger partial charge in [0.2, 0.25) is 0 Å². The van der Waals surface area contributed by atoms with Gasteiger partial charge in [-0.2, -0.15) is 0 Å². The summed E-state index contributed by atoms with van der Waals surface area (Å²) in [6.07, 6.45) is 11.6. The van der Waals surface area contributed by atoms with E-state index in [0.29, 0.717) is 12.0 Å². The number of nitrogens with zero attached hydrogens (tertiary/aromatic N) is 4. The highest BCUT2D eigenvalue weighted by atomic mass is 127. The molecule has 1 N–H and O–H groups in total. The van der Waals surface area contributed by atoms with Gasteiger partial charge in [0.15, 0.2) is 5.96 Å². The Morgan fingerprint density at radius 3 is 2.56 bits per heavy atom. The number of likely N-dealkylation sites (tertiary alicyclic amines) is 1. The number of halogens is 1. The number of aliphatic imine (C=N–C) groups is 1. The van der Waals surface area contributed by atoms with E-state index in [1.165, 1.54) is 57.1 Å². The molecule has 5 nitrogen and oxygen atoms in total. The minimum atomic E-state index is 0. The number of hydrogen-bond acceptors (Lipinski definition) is 3. The lowest BCUT2D eigenvalue weighted by atomic mass is 9.86. The summed E-state index contributed by atoms with van der Waals surface area (Å²) in [6.45, 7) is 8.41. The number of pyridine rings is 1. The first kappa shape index (κ1) is 20.7. The lowest BCUT2D eigenvalue weighted by Gasteiger charge is -2.26. The highest BCUT2D eigenvalue weighted by molar-refractivity contribution is 14.0. The third-order valence-electron chi connectivity index (χ3n) is 6.39. The molecule has 2 aliphatic heterocycles. The van der Waals surface area contributed by atoms with Crippen molar-refractivity contribution in [2.45, 2.75) is 58.4 Å². The molecule has 0 bridgehead atoms. The predicted octanol–water partition coefficient (Wildman–Crippen LogP) is 4.03. The molecule has 0 unspecified atom stereocenters. The molecule has 27 heavy (non-hydrogen) atoms. The van der Waals surface area contributed by atoms with E-state index >= 15 is 0 Å². The second kappa shape index (κ2) is 9.43. The molecule has 0 aromatic carbocycles. The van der Waals surface area contributed by atoms with E-state index in [9.17, 15) is 0 Å². The molecule has 3 heterocycles. The van der Waals surface area contributed by atoms with Crippen molar-refractivity contribution in [2.24, 2.45) is 10.4 Å². The van der Waals surface area contributed by atoms with E-state index in [1.807, 2.05) is 6.20 Å². The molecule has 1 spiro atoms. The van der Waals surface area contributed by atoms with Crippen LogP contribution >= 0.6 is 24.0 Å². The van der Waals surface area contributed by atoms with Gasteiger partial charge in [-0.25, -0.2) is 9.98 Å². The minimum Gasteiger partial charge on any atom is -0.357 e. The lowest BCUT2D eigenvalue weighted by molar-refractivity contribution is 0.309. The average molecular weight is 483 g/mol. The number of rotatable bonds is 4. The maximum atomic E-state index is 4.93. The van der Waals surface area contributed by atoms with Crippen LogP contribution in [0.4, 0.5) is 5.82 Å². The Morgan fingerprint density at radius 2 is 1.89 bits per heavy atom. The monoisotopic (exact) mass is 483 g/mol. The first-order valence-corrected chi connectivity index (χ1v) is 10.5. The zero-order valence-corrected chi connectivity index (χ0v) is 19.0. The summed E-state index contributed by atoms with van der Waals surface area (Å²) in [5, 5.41) is 3.50. The predicted molar refractivity (Wildman–Crippen MR) is 123 cm³/mol. The molecule has 3 aliphatic rings. The smallest absolute Gasteiger partial charge is 0.194 e. The minimum absolute atomic E-state index is 0. The SMILES string of the molecule is CCNC(=NCc1ccc(N2CCCC2)nc1)N1CCC2(CCCC2)C1.I. The van der Waals surface area contributed by atoms with Crippen molar-refractivity contribution >= 4 is 35.8 Å². The Hall–Kier alpha value is -1.05. The van der Waals surface area contributed by atoms with Crippen LogP contribution in [0.25, 0.3) is 0 Å². The van der Waals surface area contributed by atoms with Crippen molar-refractivity contribution in [2.75, 3.05) is 37.6 Å². The number of aromatic nitrogens is 1. The van der Waals surface area contributed by atoms with Gasteiger partial charge in [0.25, 0.3) is 0 Å². The first-order chi connectivity index (χ1) is 12.8. The topological polar surface area (TPSA) is 43.8 Å². The maximum absolute atomic E-state index is 4.93. The summed E-state index contributed by atoms with van der Waals surface area (Å²) in [5.74, 6) is 2.20. The van der Waals surface area contributed by atoms with Gasteiger partial charge in [-0.3, -0.25) is 0 Å². The van der Waals surface area contributed by atoms with Crippen molar-refractivity contribution < 1.29 is 0 Å². The summed E-state index contributed by atoms with van der Waals surface area (Å²) >= 11 is 0. The normalized spacial score (nSPS) is 21.7. The quantitative estimate of drug-likeness (QED) is 0.399. The molecular weight excluding hydrogens is 449 g/mol. The molecule has 0 atom stereocenters. The van der Waals surface area contributed by atoms with E-state index in [4.69, 9.17) is 4.99 Å². The molecule has 1 aromatic rings. The Balaban J connectivity index is 0.00000210. The highest BCUT2D eigenvalue weighted by Gasteiger charge is 2.41. The van der Waals surface area contributed by atoms with E-state index < -0.39 is 0 Å². The molecule has 0 amide bonds. The van der Waals surface area contributed by atoms with E-state index in [1.54, 1.807) is 0 Å². The first-order valence-electron chi connectivity index (χ1n) is 10.5. The second-order valence-electron chi connectivity index (χ2n) is 8.27. The Labute approximate surface area is 181 Å². The van der Waals surface area contributed by atoms with Crippen molar-refractivity contribution in [3.05, 3.63) is 23.9 Å². The van der Waals surface area contributed by atoms with Gasteiger partial charge in [0, 0.05) is 38.9 Å². The summed E-state index contributed by atoms with van der Waals surface area (Å²) in [5.41, 5.74) is 1.77. The van der Waals surface area contributed by atoms with Gasteiger partial charge in [0.1, 0.15) is 5.82 Å². The molecule has 4 rings (SSSR count). The van der Waals surface area contributed by atoms with E-state index in [2.05, 4.69) is 39.2 Å². The van der Waals surface area contributed by atoms with Crippen LogP contribution in [0.5, 0.6) is 0 Å². The van der Waals surface area contributed by atoms with Crippen LogP contribution in [0.15, 0.2) is 23.3 Å². The second-order valence-corrected chi connectivity index (χ2v) is 8.27. The Kier molecular flexibility index (Phi) is 7.22. The molecular formula is C21H34IN5. The van der Waals surface area contributed by atoms with Gasteiger partial charge < -0.3 is 15.1 Å². The van der Waals surface area contributed by atoms with Crippen LogP contribution in [0, 0.1) is 5.41 Å². The van der Waals surface area contributed by atoms with Crippen molar-refractivity contribution in [3.8, 4) is 0 Å². The Bertz CT molecular complexity index is 618. The van der Waals surface area contributed by atoms with Crippen molar-refractivity contribution in [1.29, 1.82) is 0 Å². The maximum Gasteiger partial charge on any atom is 0.194 e. The molecule has 0 radical (unpaired) electrons. The fraction of sp³-hybridized carbons (Fsp3) is 0.714. The molecule has 150 valence electrons. The Morgan fingerprint density at radius 1 is 1.11 bits per heavy atom. The van der Waals surface area contributed by atoms with Crippen LogP contribution < -0.4 is 10.2 Å². The number of nitrogens with one attached hydrogen (secondary N) is 1. The van der Waals surface area contributed by atoms with Gasteiger partial charge in [-0.1, -0.05) is 18.9 Å². The largest absolute Gasteiger partial charge is 0.357 e. The fourth-order valence-electron chi connectivity index (χ4n) is 4.88. The number of guanidine groups is 1. The average Bonchev–Trinajstić information content (AvgIpc) is 3.43. The summed E-state index contributed by atoms with van der Waals surface area (Å²) in [4.78, 5) is 14.5. The molecule has 2 saturated heterocycles. The zero-order valence-electron chi connectivity index (χ0n) is 16.6. The van der Waals surface area contributed by atoms with Gasteiger partial charge in [-0.15, -0.1) is 24.0 Å². The van der Waals surface area contributed by atoms with Gasteiger partial charge in [-0.05, 0) is 56.1 Å². The number of anilines is 1. The van der Waals surface area contributed by atoms with Crippen molar-refractivity contribution in [1.82, 2.24) is 15.2 Å². The summed E-state index contributed by atoms with van der Waals surface area (Å²) in [6, 6.07) is 4.35. The zero-order chi connectivity index (χ0) is 17.8. The van der Waals surface area contributed by atoms with Crippen LogP contribution in [-0.4, -0.2) is 48.6 Å². The van der Waals surface area contributed by atoms with E-state index in [-0.39, 0.29) is 24.0 Å². The molecule has 1 saturated carbocycles. The third kappa shape index (κ3) is 4.87. The lowest BCUT2D eigenvalue weighted by Crippen LogP contribution is -2.41. The van der Waals surface area contributed by atoms with Crippen molar-refractivity contribution in [3.63, 3.8) is 0 Å². The van der Waals surface area contributed by atoms with Gasteiger partial charge >= 0.3 is 0 Å². The van der Waals surface area contributed by atoms with Crippen LogP contribution in [0.2, 0.25) is 0 Å². The molecule has 1 aliphatic carbocycles. The molecule has 3 fully saturated rings. The highest BCUT2D eigenvalue weighted by Crippen LogP contribution is 2.45. The van der Waals surface area contributed by atoms with Crippen LogP contribution in [-0.2, 0) is 6.54 Å². The van der Waals surface area contributed by atoms with E-state index in [0.717, 1.165) is 38.0 Å². The molecule has 1 aromatic heterocycles. The summed E-state index contributed by atoms with van der Waals surface area (Å²) in [7, 11) is 0. The third-order valence-corrected chi connectivity index (χ3v) is 6.39. The molecule has 6 heteroatoms. The van der Waals surface area contributed by atoms with Crippen LogP contribution in [0.3, 0.4) is 0 Å². The van der Waals surface area contributed by atoms with Crippen LogP contribution in [0.1, 0.15) is 57.4 Å². The summed E-state index contributed by atoms with van der Waals surface area (Å²) < 4.78 is 0. The van der Waals surface area contributed by atoms with Gasteiger partial charge in [0.05, 0.1) is 6.54 Å². The number of hydrogen-bond donors (Lipinski definition) is 1. The standard InChI is InChI=1S/C21H33N5.HI/c1-2-22-20(26-14-11-21(17-26)9-3-4-10-21)24-16-18-7-8-19(23-15-18)25-12-5-6-13-25;/h7-8,15H,2-6,9-14,16-17H2,1H3,(H,22,24);1H.